The number of piperidine rings is 1. The predicted octanol–water partition coefficient (Wildman–Crippen LogP) is 3.48. The average Bonchev–Trinajstić information content (AvgIpc) is 3.30. The van der Waals surface area contributed by atoms with Gasteiger partial charge in [0.05, 0.1) is 6.54 Å². The van der Waals surface area contributed by atoms with E-state index in [4.69, 9.17) is 9.15 Å². The van der Waals surface area contributed by atoms with Crippen molar-refractivity contribution in [3.05, 3.63) is 88.7 Å². The highest BCUT2D eigenvalue weighted by Gasteiger charge is 2.28. The molecule has 1 saturated heterocycles. The second-order valence-electron chi connectivity index (χ2n) is 8.03. The van der Waals surface area contributed by atoms with Crippen LogP contribution in [0.15, 0.2) is 75.9 Å². The highest BCUT2D eigenvalue weighted by Crippen LogP contribution is 2.30. The first-order valence-electron chi connectivity index (χ1n) is 11.1. The SMILES string of the molecule is O=C(c1ccc(=O)n(CCOc2ccccc2)n1)N1CCC(c2nc3ccccc3o2)CC1. The summed E-state index contributed by atoms with van der Waals surface area (Å²) in [7, 11) is 0. The average molecular weight is 444 g/mol. The zero-order chi connectivity index (χ0) is 22.6. The number of carbonyl (C=O) groups excluding carboxylic acids is 1. The Morgan fingerprint density at radius 1 is 1.00 bits per heavy atom. The summed E-state index contributed by atoms with van der Waals surface area (Å²) in [6.45, 7) is 1.71. The minimum Gasteiger partial charge on any atom is -0.492 e. The molecule has 0 saturated carbocycles. The molecule has 8 nitrogen and oxygen atoms in total. The van der Waals surface area contributed by atoms with Crippen LogP contribution in [0.5, 0.6) is 5.75 Å². The Bertz CT molecular complexity index is 1270. The number of ether oxygens (including phenoxy) is 1. The number of nitrogens with zero attached hydrogens (tertiary/aromatic N) is 4. The van der Waals surface area contributed by atoms with Gasteiger partial charge in [0.1, 0.15) is 23.6 Å². The molecule has 0 aliphatic carbocycles. The summed E-state index contributed by atoms with van der Waals surface area (Å²) < 4.78 is 12.8. The standard InChI is InChI=1S/C25H24N4O4/c30-23-11-10-21(27-29(23)16-17-32-19-6-2-1-3-7-19)25(31)28-14-12-18(13-15-28)24-26-20-8-4-5-9-22(20)33-24/h1-11,18H,12-17H2. The van der Waals surface area contributed by atoms with E-state index in [1.165, 1.54) is 16.8 Å². The Hall–Kier alpha value is -3.94. The number of carbonyl (C=O) groups is 1. The van der Waals surface area contributed by atoms with Crippen molar-refractivity contribution in [2.24, 2.45) is 0 Å². The third kappa shape index (κ3) is 4.64. The minimum absolute atomic E-state index is 0.177. The molecule has 2 aromatic carbocycles. The van der Waals surface area contributed by atoms with Crippen LogP contribution >= 0.6 is 0 Å². The lowest BCUT2D eigenvalue weighted by molar-refractivity contribution is 0.0697. The van der Waals surface area contributed by atoms with Gasteiger partial charge in [-0.1, -0.05) is 30.3 Å². The molecule has 3 heterocycles. The molecule has 1 aliphatic heterocycles. The van der Waals surface area contributed by atoms with Gasteiger partial charge >= 0.3 is 0 Å². The topological polar surface area (TPSA) is 90.5 Å². The molecular formula is C25H24N4O4. The maximum Gasteiger partial charge on any atom is 0.274 e. The van der Waals surface area contributed by atoms with E-state index in [1.54, 1.807) is 4.90 Å². The summed E-state index contributed by atoms with van der Waals surface area (Å²) in [5, 5.41) is 4.29. The zero-order valence-corrected chi connectivity index (χ0v) is 18.1. The van der Waals surface area contributed by atoms with Gasteiger partial charge in [-0.3, -0.25) is 9.59 Å². The first-order valence-corrected chi connectivity index (χ1v) is 11.1. The van der Waals surface area contributed by atoms with Crippen molar-refractivity contribution in [2.75, 3.05) is 19.7 Å². The molecule has 2 aromatic heterocycles. The monoisotopic (exact) mass is 444 g/mol. The fraction of sp³-hybridized carbons (Fsp3) is 0.280. The fourth-order valence-corrected chi connectivity index (χ4v) is 4.05. The summed E-state index contributed by atoms with van der Waals surface area (Å²) in [6, 6.07) is 20.0. The lowest BCUT2D eigenvalue weighted by Gasteiger charge is -2.30. The van der Waals surface area contributed by atoms with Gasteiger partial charge in [-0.05, 0) is 43.2 Å². The van der Waals surface area contributed by atoms with Gasteiger partial charge in [-0.2, -0.15) is 5.10 Å². The summed E-state index contributed by atoms with van der Waals surface area (Å²) in [6.07, 6.45) is 1.53. The smallest absolute Gasteiger partial charge is 0.274 e. The molecule has 0 unspecified atom stereocenters. The van der Waals surface area contributed by atoms with E-state index in [-0.39, 0.29) is 36.2 Å². The van der Waals surface area contributed by atoms with E-state index in [2.05, 4.69) is 10.1 Å². The van der Waals surface area contributed by atoms with Gasteiger partial charge in [0.2, 0.25) is 0 Å². The summed E-state index contributed by atoms with van der Waals surface area (Å²) >= 11 is 0. The van der Waals surface area contributed by atoms with E-state index in [1.807, 2.05) is 54.6 Å². The van der Waals surface area contributed by atoms with Crippen LogP contribution in [-0.4, -0.2) is 45.3 Å². The Morgan fingerprint density at radius 3 is 2.55 bits per heavy atom. The fourth-order valence-electron chi connectivity index (χ4n) is 4.05. The van der Waals surface area contributed by atoms with E-state index < -0.39 is 0 Å². The van der Waals surface area contributed by atoms with E-state index in [0.717, 1.165) is 35.6 Å². The maximum absolute atomic E-state index is 13.0. The van der Waals surface area contributed by atoms with Gasteiger partial charge in [0, 0.05) is 25.1 Å². The molecule has 4 aromatic rings. The van der Waals surface area contributed by atoms with Crippen molar-refractivity contribution in [1.29, 1.82) is 0 Å². The van der Waals surface area contributed by atoms with Crippen LogP contribution in [-0.2, 0) is 6.54 Å². The number of amides is 1. The van der Waals surface area contributed by atoms with Crippen LogP contribution in [0.3, 0.4) is 0 Å². The number of hydrogen-bond acceptors (Lipinski definition) is 6. The van der Waals surface area contributed by atoms with Gasteiger partial charge in [-0.15, -0.1) is 0 Å². The highest BCUT2D eigenvalue weighted by atomic mass is 16.5. The normalized spacial score (nSPS) is 14.5. The Morgan fingerprint density at radius 2 is 1.76 bits per heavy atom. The quantitative estimate of drug-likeness (QED) is 0.452. The summed E-state index contributed by atoms with van der Waals surface area (Å²) in [5.41, 5.74) is 1.63. The Balaban J connectivity index is 1.20. The molecule has 8 heteroatoms. The Labute approximate surface area is 190 Å². The second-order valence-corrected chi connectivity index (χ2v) is 8.03. The maximum atomic E-state index is 13.0. The first-order chi connectivity index (χ1) is 16.2. The summed E-state index contributed by atoms with van der Waals surface area (Å²) in [5.74, 6) is 1.45. The molecule has 0 radical (unpaired) electrons. The molecule has 33 heavy (non-hydrogen) atoms. The van der Waals surface area contributed by atoms with E-state index >= 15 is 0 Å². The van der Waals surface area contributed by atoms with Crippen LogP contribution in [0.4, 0.5) is 0 Å². The molecule has 0 atom stereocenters. The second kappa shape index (κ2) is 9.28. The molecular weight excluding hydrogens is 420 g/mol. The lowest BCUT2D eigenvalue weighted by atomic mass is 9.96. The summed E-state index contributed by atoms with van der Waals surface area (Å²) in [4.78, 5) is 31.6. The van der Waals surface area contributed by atoms with Gasteiger partial charge in [0.25, 0.3) is 11.5 Å². The molecule has 5 rings (SSSR count). The molecule has 0 N–H and O–H groups in total. The number of fused-ring (bicyclic) bond motifs is 1. The number of benzene rings is 2. The van der Waals surface area contributed by atoms with Gasteiger partial charge in [-0.25, -0.2) is 9.67 Å². The first kappa shape index (κ1) is 20.9. The van der Waals surface area contributed by atoms with Crippen LogP contribution in [0.2, 0.25) is 0 Å². The van der Waals surface area contributed by atoms with E-state index in [9.17, 15) is 9.59 Å². The van der Waals surface area contributed by atoms with Gasteiger partial charge in [0.15, 0.2) is 11.5 Å². The molecule has 1 amide bonds. The minimum atomic E-state index is -0.266. The van der Waals surface area contributed by atoms with Crippen LogP contribution < -0.4 is 10.3 Å². The molecule has 168 valence electrons. The number of oxazole rings is 1. The van der Waals surface area contributed by atoms with Crippen molar-refractivity contribution in [1.82, 2.24) is 19.7 Å². The predicted molar refractivity (Wildman–Crippen MR) is 122 cm³/mol. The number of para-hydroxylation sites is 3. The number of aromatic nitrogens is 3. The Kier molecular flexibility index (Phi) is 5.89. The largest absolute Gasteiger partial charge is 0.492 e. The van der Waals surface area contributed by atoms with Crippen molar-refractivity contribution in [2.45, 2.75) is 25.3 Å². The third-order valence-corrected chi connectivity index (χ3v) is 5.84. The van der Waals surface area contributed by atoms with Crippen molar-refractivity contribution >= 4 is 17.0 Å². The molecule has 0 bridgehead atoms. The van der Waals surface area contributed by atoms with Crippen LogP contribution in [0.1, 0.15) is 35.1 Å². The van der Waals surface area contributed by atoms with Crippen molar-refractivity contribution < 1.29 is 13.9 Å². The van der Waals surface area contributed by atoms with Crippen molar-refractivity contribution in [3.63, 3.8) is 0 Å². The number of hydrogen-bond donors (Lipinski definition) is 0. The zero-order valence-electron chi connectivity index (χ0n) is 18.1. The molecule has 0 spiro atoms. The molecule has 1 aliphatic rings. The number of rotatable bonds is 6. The van der Waals surface area contributed by atoms with Crippen LogP contribution in [0, 0.1) is 0 Å². The van der Waals surface area contributed by atoms with E-state index in [0.29, 0.717) is 13.1 Å². The van der Waals surface area contributed by atoms with Crippen LogP contribution in [0.25, 0.3) is 11.1 Å². The number of likely N-dealkylation sites (tertiary alicyclic amines) is 1. The lowest BCUT2D eigenvalue weighted by Crippen LogP contribution is -2.39. The molecule has 1 fully saturated rings. The highest BCUT2D eigenvalue weighted by molar-refractivity contribution is 5.92. The van der Waals surface area contributed by atoms with Crippen molar-refractivity contribution in [3.8, 4) is 5.75 Å². The van der Waals surface area contributed by atoms with Gasteiger partial charge < -0.3 is 14.1 Å². The third-order valence-electron chi connectivity index (χ3n) is 5.84.